The predicted molar refractivity (Wildman–Crippen MR) is 110 cm³/mol. The number of nitrogens with one attached hydrogen (secondary N) is 2. The molecule has 2 rings (SSSR count). The number of carboxylic acid groups (broad SMARTS) is 1. The second kappa shape index (κ2) is 10.8. The van der Waals surface area contributed by atoms with Gasteiger partial charge in [0.25, 0.3) is 5.91 Å². The topological polar surface area (TPSA) is 105 Å². The Bertz CT molecular complexity index is 862. The van der Waals surface area contributed by atoms with Gasteiger partial charge < -0.3 is 20.5 Å². The molecule has 7 heteroatoms. The van der Waals surface area contributed by atoms with Crippen LogP contribution in [-0.2, 0) is 9.59 Å². The van der Waals surface area contributed by atoms with Crippen LogP contribution < -0.4 is 15.4 Å². The molecular formula is C22H26N2O5. The number of aliphatic carboxylic acids is 1. The van der Waals surface area contributed by atoms with E-state index in [-0.39, 0.29) is 5.91 Å². The third-order valence-electron chi connectivity index (χ3n) is 4.23. The van der Waals surface area contributed by atoms with Crippen molar-refractivity contribution in [3.8, 4) is 5.75 Å². The summed E-state index contributed by atoms with van der Waals surface area (Å²) in [6, 6.07) is 12.4. The summed E-state index contributed by atoms with van der Waals surface area (Å²) in [6.07, 6.45) is 1.84. The number of hydrogen-bond donors (Lipinski definition) is 3. The highest BCUT2D eigenvalue weighted by atomic mass is 16.5. The second-order valence-corrected chi connectivity index (χ2v) is 6.78. The molecule has 0 radical (unpaired) electrons. The average molecular weight is 398 g/mol. The molecule has 154 valence electrons. The van der Waals surface area contributed by atoms with E-state index in [1.807, 2.05) is 32.0 Å². The number of rotatable bonds is 10. The number of unbranched alkanes of at least 4 members (excludes halogenated alkanes) is 1. The Morgan fingerprint density at radius 2 is 1.72 bits per heavy atom. The van der Waals surface area contributed by atoms with Crippen LogP contribution in [0.2, 0.25) is 0 Å². The van der Waals surface area contributed by atoms with Crippen molar-refractivity contribution in [2.45, 2.75) is 33.1 Å². The van der Waals surface area contributed by atoms with Crippen molar-refractivity contribution in [1.29, 1.82) is 0 Å². The van der Waals surface area contributed by atoms with Crippen molar-refractivity contribution >= 4 is 23.5 Å². The number of carboxylic acids is 1. The van der Waals surface area contributed by atoms with Crippen LogP contribution in [0.25, 0.3) is 0 Å². The second-order valence-electron chi connectivity index (χ2n) is 6.78. The minimum Gasteiger partial charge on any atom is -0.493 e. The maximum Gasteiger partial charge on any atom is 0.322 e. The third kappa shape index (κ3) is 7.65. The lowest BCUT2D eigenvalue weighted by Crippen LogP contribution is -2.29. The highest BCUT2D eigenvalue weighted by molar-refractivity contribution is 5.97. The van der Waals surface area contributed by atoms with Gasteiger partial charge in [0.05, 0.1) is 6.61 Å². The maximum atomic E-state index is 12.0. The largest absolute Gasteiger partial charge is 0.493 e. The zero-order valence-corrected chi connectivity index (χ0v) is 16.7. The molecule has 0 saturated heterocycles. The van der Waals surface area contributed by atoms with Crippen molar-refractivity contribution in [2.24, 2.45) is 0 Å². The van der Waals surface area contributed by atoms with Gasteiger partial charge in [0.15, 0.2) is 0 Å². The molecule has 29 heavy (non-hydrogen) atoms. The van der Waals surface area contributed by atoms with Gasteiger partial charge in [-0.1, -0.05) is 12.1 Å². The van der Waals surface area contributed by atoms with Gasteiger partial charge in [0.2, 0.25) is 5.91 Å². The highest BCUT2D eigenvalue weighted by Gasteiger charge is 2.08. The van der Waals surface area contributed by atoms with E-state index in [1.165, 1.54) is 12.1 Å². The van der Waals surface area contributed by atoms with Crippen LogP contribution in [0.1, 0.15) is 40.7 Å². The van der Waals surface area contributed by atoms with E-state index >= 15 is 0 Å². The van der Waals surface area contributed by atoms with Crippen molar-refractivity contribution in [3.63, 3.8) is 0 Å². The lowest BCUT2D eigenvalue weighted by molar-refractivity contribution is -0.135. The van der Waals surface area contributed by atoms with E-state index in [1.54, 1.807) is 12.1 Å². The summed E-state index contributed by atoms with van der Waals surface area (Å²) in [5.41, 5.74) is 3.15. The Labute approximate surface area is 170 Å². The molecule has 0 fully saturated rings. The molecule has 2 aromatic rings. The van der Waals surface area contributed by atoms with Gasteiger partial charge in [-0.2, -0.15) is 0 Å². The molecule has 0 unspecified atom stereocenters. The molecule has 0 atom stereocenters. The molecule has 3 N–H and O–H groups in total. The first-order chi connectivity index (χ1) is 13.8. The summed E-state index contributed by atoms with van der Waals surface area (Å²) in [5, 5.41) is 13.6. The first-order valence-corrected chi connectivity index (χ1v) is 9.45. The zero-order chi connectivity index (χ0) is 21.2. The molecule has 0 aliphatic rings. The third-order valence-corrected chi connectivity index (χ3v) is 4.23. The van der Waals surface area contributed by atoms with Crippen LogP contribution >= 0.6 is 0 Å². The standard InChI is InChI=1S/C22H26N2O5/c1-15-6-7-16(2)19(13-15)29-12-4-3-5-20(25)24-18-10-8-17(9-11-18)22(28)23-14-21(26)27/h6-11,13H,3-5,12,14H2,1-2H3,(H,23,28)(H,24,25)(H,26,27). The SMILES string of the molecule is Cc1ccc(C)c(OCCCCC(=O)Nc2ccc(C(=O)NCC(=O)O)cc2)c1. The number of ether oxygens (including phenoxy) is 1. The fourth-order valence-electron chi connectivity index (χ4n) is 2.62. The van der Waals surface area contributed by atoms with Crippen molar-refractivity contribution < 1.29 is 24.2 Å². The number of anilines is 1. The molecule has 2 aromatic carbocycles. The van der Waals surface area contributed by atoms with Gasteiger partial charge in [-0.3, -0.25) is 14.4 Å². The molecule has 0 aliphatic carbocycles. The number of hydrogen-bond acceptors (Lipinski definition) is 4. The fourth-order valence-corrected chi connectivity index (χ4v) is 2.62. The fraction of sp³-hybridized carbons (Fsp3) is 0.318. The van der Waals surface area contributed by atoms with Crippen LogP contribution in [0, 0.1) is 13.8 Å². The van der Waals surface area contributed by atoms with Crippen LogP contribution in [0.5, 0.6) is 5.75 Å². The molecule has 2 amide bonds. The van der Waals surface area contributed by atoms with Crippen molar-refractivity contribution in [1.82, 2.24) is 5.32 Å². The highest BCUT2D eigenvalue weighted by Crippen LogP contribution is 2.19. The van der Waals surface area contributed by atoms with Gasteiger partial charge in [0, 0.05) is 17.7 Å². The molecule has 0 saturated carbocycles. The Hall–Kier alpha value is -3.35. The Morgan fingerprint density at radius 1 is 1.00 bits per heavy atom. The van der Waals surface area contributed by atoms with Gasteiger partial charge in [-0.15, -0.1) is 0 Å². The zero-order valence-electron chi connectivity index (χ0n) is 16.7. The van der Waals surface area contributed by atoms with E-state index in [0.717, 1.165) is 23.3 Å². The summed E-state index contributed by atoms with van der Waals surface area (Å²) >= 11 is 0. The van der Waals surface area contributed by atoms with Gasteiger partial charge >= 0.3 is 5.97 Å². The lowest BCUT2D eigenvalue weighted by atomic mass is 10.1. The quantitative estimate of drug-likeness (QED) is 0.533. The smallest absolute Gasteiger partial charge is 0.322 e. The molecule has 0 heterocycles. The van der Waals surface area contributed by atoms with Gasteiger partial charge in [0.1, 0.15) is 12.3 Å². The Morgan fingerprint density at radius 3 is 2.41 bits per heavy atom. The Balaban J connectivity index is 1.69. The van der Waals surface area contributed by atoms with E-state index in [9.17, 15) is 14.4 Å². The summed E-state index contributed by atoms with van der Waals surface area (Å²) in [4.78, 5) is 34.3. The predicted octanol–water partition coefficient (Wildman–Crippen LogP) is 3.31. The Kier molecular flexibility index (Phi) is 8.21. The number of aryl methyl sites for hydroxylation is 2. The minimum absolute atomic E-state index is 0.111. The van der Waals surface area contributed by atoms with E-state index < -0.39 is 18.4 Å². The lowest BCUT2D eigenvalue weighted by Gasteiger charge is -2.10. The van der Waals surface area contributed by atoms with E-state index in [0.29, 0.717) is 30.7 Å². The van der Waals surface area contributed by atoms with Gasteiger partial charge in [-0.05, 0) is 68.1 Å². The number of carbonyl (C=O) groups excluding carboxylic acids is 2. The van der Waals surface area contributed by atoms with Crippen molar-refractivity contribution in [3.05, 3.63) is 59.2 Å². The van der Waals surface area contributed by atoms with Crippen LogP contribution in [0.15, 0.2) is 42.5 Å². The molecule has 0 bridgehead atoms. The molecule has 0 spiro atoms. The maximum absolute atomic E-state index is 12.0. The summed E-state index contributed by atoms with van der Waals surface area (Å²) < 4.78 is 5.78. The van der Waals surface area contributed by atoms with Crippen LogP contribution in [-0.4, -0.2) is 36.0 Å². The molecule has 7 nitrogen and oxygen atoms in total. The number of benzene rings is 2. The molecule has 0 aliphatic heterocycles. The monoisotopic (exact) mass is 398 g/mol. The molecular weight excluding hydrogens is 372 g/mol. The van der Waals surface area contributed by atoms with Crippen LogP contribution in [0.3, 0.4) is 0 Å². The average Bonchev–Trinajstić information content (AvgIpc) is 2.69. The molecule has 0 aromatic heterocycles. The van der Waals surface area contributed by atoms with Crippen molar-refractivity contribution in [2.75, 3.05) is 18.5 Å². The summed E-state index contributed by atoms with van der Waals surface area (Å²) in [5.74, 6) is -0.822. The minimum atomic E-state index is -1.11. The summed E-state index contributed by atoms with van der Waals surface area (Å²) in [6.45, 7) is 4.14. The number of carbonyl (C=O) groups is 3. The van der Waals surface area contributed by atoms with Crippen LogP contribution in [0.4, 0.5) is 5.69 Å². The summed E-state index contributed by atoms with van der Waals surface area (Å²) in [7, 11) is 0. The van der Waals surface area contributed by atoms with E-state index in [4.69, 9.17) is 9.84 Å². The number of amides is 2. The normalized spacial score (nSPS) is 10.3. The first-order valence-electron chi connectivity index (χ1n) is 9.45. The van der Waals surface area contributed by atoms with E-state index in [2.05, 4.69) is 10.6 Å². The first kappa shape index (κ1) is 21.9. The van der Waals surface area contributed by atoms with Gasteiger partial charge in [-0.25, -0.2) is 0 Å².